The fourth-order valence-corrected chi connectivity index (χ4v) is 10.6. The Labute approximate surface area is 507 Å². The molecule has 0 spiro atoms. The van der Waals surface area contributed by atoms with Crippen molar-refractivity contribution >= 4 is 82.7 Å². The Morgan fingerprint density at radius 1 is 0.163 bits per heavy atom. The number of anilines is 6. The molecule has 2 heteroatoms. The van der Waals surface area contributed by atoms with Gasteiger partial charge in [-0.15, -0.1) is 0 Å². The summed E-state index contributed by atoms with van der Waals surface area (Å²) in [5.41, 5.74) is 22.6. The number of hydrogen-bond acceptors (Lipinski definition) is 2. The predicted octanol–water partition coefficient (Wildman–Crippen LogP) is 23.4. The molecule has 0 unspecified atom stereocenters. The van der Waals surface area contributed by atoms with Crippen LogP contribution < -0.4 is 9.80 Å². The molecule has 0 saturated carbocycles. The molecule has 0 heterocycles. The standard InChI is InChI=1S/C84H64N2/c1-5-21-65(22-6-1)25-13-15-27-67-37-41-69(42-38-67)45-47-71-49-57-77(58-50-71)85(83-35-19-17-33-81(83)75-29-9-3-10-30-75)79-61-53-73(54-62-79)74-55-63-80(64-56-74)86(84-36-20-18-34-82(84)76-31-11-4-12-32-76)78-59-51-72(52-60-78)48-46-70-43-39-68(40-44-70)28-16-14-26-66-23-7-2-8-24-66/h1-64H/b25-13+,26-14+,27-15+,28-16+,47-45+,48-46+. The minimum absolute atomic E-state index is 1.07. The Balaban J connectivity index is 0.788. The van der Waals surface area contributed by atoms with E-state index in [-0.39, 0.29) is 0 Å². The molecule has 0 radical (unpaired) electrons. The van der Waals surface area contributed by atoms with Crippen molar-refractivity contribution in [1.82, 2.24) is 0 Å². The largest absolute Gasteiger partial charge is 0.310 e. The van der Waals surface area contributed by atoms with Crippen LogP contribution in [0.2, 0.25) is 0 Å². The van der Waals surface area contributed by atoms with E-state index in [4.69, 9.17) is 0 Å². The maximum absolute atomic E-state index is 2.37. The molecular weight excluding hydrogens is 1040 g/mol. The quantitative estimate of drug-likeness (QED) is 0.0588. The monoisotopic (exact) mass is 1100 g/mol. The van der Waals surface area contributed by atoms with E-state index in [2.05, 4.69) is 386 Å². The average Bonchev–Trinajstić information content (AvgIpc) is 3.48. The van der Waals surface area contributed by atoms with Crippen molar-refractivity contribution in [2.24, 2.45) is 0 Å². The number of rotatable bonds is 19. The van der Waals surface area contributed by atoms with Gasteiger partial charge in [0.1, 0.15) is 0 Å². The van der Waals surface area contributed by atoms with Gasteiger partial charge in [-0.3, -0.25) is 0 Å². The summed E-state index contributed by atoms with van der Waals surface area (Å²) in [6.07, 6.45) is 25.6. The molecular formula is C84H64N2. The van der Waals surface area contributed by atoms with Crippen LogP contribution in [0.5, 0.6) is 0 Å². The smallest absolute Gasteiger partial charge is 0.0540 e. The second kappa shape index (κ2) is 27.6. The van der Waals surface area contributed by atoms with Crippen molar-refractivity contribution in [3.8, 4) is 33.4 Å². The molecule has 86 heavy (non-hydrogen) atoms. The fourth-order valence-electron chi connectivity index (χ4n) is 10.6. The first kappa shape index (κ1) is 55.2. The number of benzene rings is 12. The molecule has 410 valence electrons. The van der Waals surface area contributed by atoms with Crippen LogP contribution in [0, 0.1) is 0 Å². The van der Waals surface area contributed by atoms with Gasteiger partial charge in [-0.2, -0.15) is 0 Å². The van der Waals surface area contributed by atoms with E-state index in [0.29, 0.717) is 0 Å². The van der Waals surface area contributed by atoms with Crippen LogP contribution in [-0.2, 0) is 0 Å². The summed E-state index contributed by atoms with van der Waals surface area (Å²) in [6, 6.07) is 112. The van der Waals surface area contributed by atoms with Crippen LogP contribution in [0.25, 0.3) is 82.0 Å². The second-order valence-corrected chi connectivity index (χ2v) is 21.0. The highest BCUT2D eigenvalue weighted by atomic mass is 15.1. The summed E-state index contributed by atoms with van der Waals surface area (Å²) in [5.74, 6) is 0. The highest BCUT2D eigenvalue weighted by Gasteiger charge is 2.19. The lowest BCUT2D eigenvalue weighted by Crippen LogP contribution is -2.11. The Morgan fingerprint density at radius 2 is 0.384 bits per heavy atom. The minimum atomic E-state index is 1.07. The molecule has 0 fully saturated rings. The molecule has 0 aromatic heterocycles. The third-order valence-corrected chi connectivity index (χ3v) is 15.1. The first-order chi connectivity index (χ1) is 42.6. The van der Waals surface area contributed by atoms with Gasteiger partial charge in [0.05, 0.1) is 11.4 Å². The van der Waals surface area contributed by atoms with Gasteiger partial charge >= 0.3 is 0 Å². The summed E-state index contributed by atoms with van der Waals surface area (Å²) in [5, 5.41) is 0. The molecule has 12 aromatic carbocycles. The summed E-state index contributed by atoms with van der Waals surface area (Å²) >= 11 is 0. The van der Waals surface area contributed by atoms with Crippen LogP contribution in [0.3, 0.4) is 0 Å². The Kier molecular flexibility index (Phi) is 17.7. The van der Waals surface area contributed by atoms with Gasteiger partial charge in [0.15, 0.2) is 0 Å². The summed E-state index contributed by atoms with van der Waals surface area (Å²) in [6.45, 7) is 0. The van der Waals surface area contributed by atoms with Crippen LogP contribution in [0.1, 0.15) is 44.5 Å². The maximum Gasteiger partial charge on any atom is 0.0540 e. The van der Waals surface area contributed by atoms with E-state index < -0.39 is 0 Å². The van der Waals surface area contributed by atoms with E-state index in [9.17, 15) is 0 Å². The Bertz CT molecular complexity index is 4010. The third kappa shape index (κ3) is 14.1. The van der Waals surface area contributed by atoms with Gasteiger partial charge in [0.25, 0.3) is 0 Å². The van der Waals surface area contributed by atoms with Crippen molar-refractivity contribution in [1.29, 1.82) is 0 Å². The first-order valence-electron chi connectivity index (χ1n) is 29.3. The van der Waals surface area contributed by atoms with Crippen molar-refractivity contribution in [3.63, 3.8) is 0 Å². The zero-order valence-corrected chi connectivity index (χ0v) is 47.8. The molecule has 2 nitrogen and oxygen atoms in total. The van der Waals surface area contributed by atoms with Gasteiger partial charge in [-0.25, -0.2) is 0 Å². The molecule has 0 N–H and O–H groups in total. The molecule has 0 aliphatic rings. The molecule has 0 saturated heterocycles. The van der Waals surface area contributed by atoms with Gasteiger partial charge in [-0.1, -0.05) is 328 Å². The fraction of sp³-hybridized carbons (Fsp3) is 0. The number of hydrogen-bond donors (Lipinski definition) is 0. The summed E-state index contributed by atoms with van der Waals surface area (Å²) in [7, 11) is 0. The first-order valence-corrected chi connectivity index (χ1v) is 29.3. The zero-order valence-electron chi connectivity index (χ0n) is 47.8. The normalized spacial score (nSPS) is 11.7. The third-order valence-electron chi connectivity index (χ3n) is 15.1. The van der Waals surface area contributed by atoms with Crippen LogP contribution in [0.4, 0.5) is 34.1 Å². The maximum atomic E-state index is 2.37. The number of nitrogens with zero attached hydrogens (tertiary/aromatic N) is 2. The minimum Gasteiger partial charge on any atom is -0.310 e. The predicted molar refractivity (Wildman–Crippen MR) is 372 cm³/mol. The average molecular weight is 1100 g/mol. The van der Waals surface area contributed by atoms with E-state index in [1.54, 1.807) is 0 Å². The van der Waals surface area contributed by atoms with Gasteiger partial charge in [0.2, 0.25) is 0 Å². The molecule has 0 aliphatic heterocycles. The topological polar surface area (TPSA) is 6.48 Å². The Morgan fingerprint density at radius 3 is 0.686 bits per heavy atom. The molecule has 0 bridgehead atoms. The molecule has 12 rings (SSSR count). The van der Waals surface area contributed by atoms with Gasteiger partial charge in [0, 0.05) is 33.9 Å². The van der Waals surface area contributed by atoms with Crippen LogP contribution in [0.15, 0.2) is 340 Å². The van der Waals surface area contributed by atoms with Crippen molar-refractivity contribution < 1.29 is 0 Å². The second-order valence-electron chi connectivity index (χ2n) is 21.0. The van der Waals surface area contributed by atoms with Crippen LogP contribution in [-0.4, -0.2) is 0 Å². The van der Waals surface area contributed by atoms with E-state index >= 15 is 0 Å². The lowest BCUT2D eigenvalue weighted by Gasteiger charge is -2.28. The molecule has 0 amide bonds. The zero-order chi connectivity index (χ0) is 58.0. The van der Waals surface area contributed by atoms with Crippen molar-refractivity contribution in [2.75, 3.05) is 9.80 Å². The van der Waals surface area contributed by atoms with E-state index in [0.717, 1.165) is 101 Å². The van der Waals surface area contributed by atoms with Crippen molar-refractivity contribution in [3.05, 3.63) is 384 Å². The van der Waals surface area contributed by atoms with E-state index in [1.807, 2.05) is 12.1 Å². The van der Waals surface area contributed by atoms with Crippen molar-refractivity contribution in [2.45, 2.75) is 0 Å². The lowest BCUT2D eigenvalue weighted by molar-refractivity contribution is 1.28. The SMILES string of the molecule is C(/C=C/c1ccc(/C=C/c2ccc(N(c3ccc(-c4ccc(N(c5ccc(/C=C/c6ccc(/C=C/C=C/c7ccccc7)cc6)cc5)c5ccccc5-c5ccccc5)cc4)cc3)c3ccccc3-c3ccccc3)cc2)cc1)=C\c1ccccc1. The highest BCUT2D eigenvalue weighted by molar-refractivity contribution is 5.91. The lowest BCUT2D eigenvalue weighted by atomic mass is 10.00. The number of para-hydroxylation sites is 2. The molecule has 0 atom stereocenters. The molecule has 0 aliphatic carbocycles. The highest BCUT2D eigenvalue weighted by Crippen LogP contribution is 2.44. The molecule has 12 aromatic rings. The van der Waals surface area contributed by atoms with Gasteiger partial charge < -0.3 is 9.80 Å². The van der Waals surface area contributed by atoms with Crippen LogP contribution >= 0.6 is 0 Å². The van der Waals surface area contributed by atoms with Gasteiger partial charge in [-0.05, 0) is 127 Å². The summed E-state index contributed by atoms with van der Waals surface area (Å²) in [4.78, 5) is 4.74. The summed E-state index contributed by atoms with van der Waals surface area (Å²) < 4.78 is 0. The van der Waals surface area contributed by atoms with E-state index in [1.165, 1.54) is 11.1 Å². The Hall–Kier alpha value is -11.3. The number of allylic oxidation sites excluding steroid dienone is 4.